The third-order valence-electron chi connectivity index (χ3n) is 6.81. The fraction of sp³-hybridized carbons (Fsp3) is 0.895. The van der Waals surface area contributed by atoms with Gasteiger partial charge in [0, 0.05) is 0 Å². The molecule has 0 bridgehead atoms. The molecule has 0 spiro atoms. The topological polar surface area (TPSA) is 20.2 Å². The summed E-state index contributed by atoms with van der Waals surface area (Å²) in [6.45, 7) is 6.88. The molecule has 5 atom stereocenters. The van der Waals surface area contributed by atoms with Crippen LogP contribution in [0.25, 0.3) is 0 Å². The number of aliphatic hydroxyl groups is 1. The van der Waals surface area contributed by atoms with Crippen molar-refractivity contribution in [1.29, 1.82) is 0 Å². The quantitative estimate of drug-likeness (QED) is 0.696. The van der Waals surface area contributed by atoms with E-state index in [4.69, 9.17) is 0 Å². The van der Waals surface area contributed by atoms with Crippen LogP contribution in [0, 0.1) is 23.2 Å². The van der Waals surface area contributed by atoms with Crippen LogP contribution in [0.3, 0.4) is 0 Å². The second-order valence-corrected chi connectivity index (χ2v) is 8.31. The van der Waals surface area contributed by atoms with E-state index in [1.807, 2.05) is 6.92 Å². The molecular weight excluding hydrogens is 244 g/mol. The minimum absolute atomic E-state index is 0.400. The van der Waals surface area contributed by atoms with Crippen molar-refractivity contribution in [2.45, 2.75) is 84.2 Å². The van der Waals surface area contributed by atoms with Crippen LogP contribution in [0.5, 0.6) is 0 Å². The number of hydrogen-bond donors (Lipinski definition) is 1. The first-order chi connectivity index (χ1) is 9.46. The van der Waals surface area contributed by atoms with Crippen LogP contribution < -0.4 is 0 Å². The van der Waals surface area contributed by atoms with Crippen molar-refractivity contribution in [1.82, 2.24) is 0 Å². The zero-order valence-electron chi connectivity index (χ0n) is 13.6. The molecule has 0 aromatic heterocycles. The molecule has 3 aliphatic carbocycles. The van der Waals surface area contributed by atoms with E-state index in [1.54, 1.807) is 5.57 Å². The standard InChI is InChI=1S/C19H32O/c1-4-6-14-7-5-8-17-16(14)10-9-15-13-18(2,20)11-12-19(15,17)3/h9,14,16-17,20H,4-8,10-13H2,1-3H3/t14-,16+,17?,18+,19+/m1/s1. The maximum absolute atomic E-state index is 10.4. The molecule has 0 aromatic carbocycles. The SMILES string of the molecule is CCC[C@@H]1CCCC2[C@H]1CC=C1C[C@@](C)(O)CC[C@@]12C. The predicted octanol–water partition coefficient (Wildman–Crippen LogP) is 5.09. The summed E-state index contributed by atoms with van der Waals surface area (Å²) in [6.07, 6.45) is 14.0. The first-order valence-corrected chi connectivity index (χ1v) is 8.88. The number of hydrogen-bond acceptors (Lipinski definition) is 1. The molecule has 1 nitrogen and oxygen atoms in total. The normalized spacial score (nSPS) is 48.2. The van der Waals surface area contributed by atoms with Crippen molar-refractivity contribution in [3.63, 3.8) is 0 Å². The highest BCUT2D eigenvalue weighted by Gasteiger charge is 2.50. The Bertz CT molecular complexity index is 393. The van der Waals surface area contributed by atoms with Crippen LogP contribution in [0.2, 0.25) is 0 Å². The molecule has 0 aromatic rings. The maximum Gasteiger partial charge on any atom is 0.0657 e. The van der Waals surface area contributed by atoms with Crippen LogP contribution in [0.15, 0.2) is 11.6 Å². The first kappa shape index (κ1) is 14.6. The van der Waals surface area contributed by atoms with Crippen molar-refractivity contribution in [2.75, 3.05) is 0 Å². The molecule has 1 heteroatoms. The van der Waals surface area contributed by atoms with Gasteiger partial charge in [-0.3, -0.25) is 0 Å². The number of fused-ring (bicyclic) bond motifs is 3. The molecule has 2 saturated carbocycles. The zero-order valence-corrected chi connectivity index (χ0v) is 13.6. The summed E-state index contributed by atoms with van der Waals surface area (Å²) >= 11 is 0. The van der Waals surface area contributed by atoms with E-state index in [0.717, 1.165) is 30.6 Å². The number of allylic oxidation sites excluding steroid dienone is 1. The Kier molecular flexibility index (Phi) is 3.77. The summed E-state index contributed by atoms with van der Waals surface area (Å²) in [5, 5.41) is 10.4. The lowest BCUT2D eigenvalue weighted by molar-refractivity contribution is -0.0322. The van der Waals surface area contributed by atoms with Crippen LogP contribution in [0.1, 0.15) is 78.6 Å². The van der Waals surface area contributed by atoms with Crippen molar-refractivity contribution >= 4 is 0 Å². The minimum atomic E-state index is -0.449. The molecule has 1 N–H and O–H groups in total. The fourth-order valence-corrected chi connectivity index (χ4v) is 5.63. The second kappa shape index (κ2) is 5.16. The van der Waals surface area contributed by atoms with Gasteiger partial charge in [0.2, 0.25) is 0 Å². The highest BCUT2D eigenvalue weighted by Crippen LogP contribution is 2.59. The third kappa shape index (κ3) is 2.36. The van der Waals surface area contributed by atoms with Gasteiger partial charge in [0.25, 0.3) is 0 Å². The van der Waals surface area contributed by atoms with Crippen LogP contribution >= 0.6 is 0 Å². The Morgan fingerprint density at radius 3 is 2.80 bits per heavy atom. The maximum atomic E-state index is 10.4. The predicted molar refractivity (Wildman–Crippen MR) is 84.5 cm³/mol. The Morgan fingerprint density at radius 2 is 2.05 bits per heavy atom. The lowest BCUT2D eigenvalue weighted by Gasteiger charge is -2.55. The zero-order chi connectivity index (χ0) is 14.4. The van der Waals surface area contributed by atoms with Gasteiger partial charge >= 0.3 is 0 Å². The molecule has 1 unspecified atom stereocenters. The summed E-state index contributed by atoms with van der Waals surface area (Å²) in [5.41, 5.74) is 1.54. The van der Waals surface area contributed by atoms with E-state index in [1.165, 1.54) is 44.9 Å². The van der Waals surface area contributed by atoms with Gasteiger partial charge in [-0.2, -0.15) is 0 Å². The second-order valence-electron chi connectivity index (χ2n) is 8.31. The van der Waals surface area contributed by atoms with Gasteiger partial charge < -0.3 is 5.11 Å². The molecule has 0 amide bonds. The lowest BCUT2D eigenvalue weighted by Crippen LogP contribution is -2.48. The average molecular weight is 276 g/mol. The Labute approximate surface area is 124 Å². The van der Waals surface area contributed by atoms with Crippen molar-refractivity contribution in [2.24, 2.45) is 23.2 Å². The monoisotopic (exact) mass is 276 g/mol. The first-order valence-electron chi connectivity index (χ1n) is 8.88. The summed E-state index contributed by atoms with van der Waals surface area (Å²) < 4.78 is 0. The van der Waals surface area contributed by atoms with Gasteiger partial charge in [-0.1, -0.05) is 51.2 Å². The molecule has 0 aliphatic heterocycles. The van der Waals surface area contributed by atoms with Crippen LogP contribution in [0.4, 0.5) is 0 Å². The smallest absolute Gasteiger partial charge is 0.0657 e. The summed E-state index contributed by atoms with van der Waals surface area (Å²) in [6, 6.07) is 0. The summed E-state index contributed by atoms with van der Waals surface area (Å²) in [7, 11) is 0. The molecule has 114 valence electrons. The van der Waals surface area contributed by atoms with E-state index in [-0.39, 0.29) is 0 Å². The Hall–Kier alpha value is -0.300. The lowest BCUT2D eigenvalue weighted by atomic mass is 9.50. The summed E-state index contributed by atoms with van der Waals surface area (Å²) in [5.74, 6) is 2.79. The fourth-order valence-electron chi connectivity index (χ4n) is 5.63. The van der Waals surface area contributed by atoms with E-state index in [2.05, 4.69) is 19.9 Å². The highest BCUT2D eigenvalue weighted by molar-refractivity contribution is 5.25. The summed E-state index contributed by atoms with van der Waals surface area (Å²) in [4.78, 5) is 0. The van der Waals surface area contributed by atoms with Crippen LogP contribution in [-0.2, 0) is 0 Å². The van der Waals surface area contributed by atoms with Gasteiger partial charge in [0.15, 0.2) is 0 Å². The molecule has 3 rings (SSSR count). The molecule has 0 radical (unpaired) electrons. The third-order valence-corrected chi connectivity index (χ3v) is 6.81. The van der Waals surface area contributed by atoms with Gasteiger partial charge in [-0.25, -0.2) is 0 Å². The van der Waals surface area contributed by atoms with Crippen molar-refractivity contribution in [3.05, 3.63) is 11.6 Å². The molecule has 20 heavy (non-hydrogen) atoms. The Balaban J connectivity index is 1.87. The van der Waals surface area contributed by atoms with Gasteiger partial charge in [0.05, 0.1) is 5.60 Å². The van der Waals surface area contributed by atoms with Crippen molar-refractivity contribution in [3.8, 4) is 0 Å². The van der Waals surface area contributed by atoms with E-state index >= 15 is 0 Å². The molecule has 3 aliphatic rings. The molecular formula is C19H32O. The molecule has 0 saturated heterocycles. The van der Waals surface area contributed by atoms with Gasteiger partial charge in [-0.05, 0) is 62.2 Å². The highest BCUT2D eigenvalue weighted by atomic mass is 16.3. The molecule has 0 heterocycles. The van der Waals surface area contributed by atoms with Gasteiger partial charge in [0.1, 0.15) is 0 Å². The van der Waals surface area contributed by atoms with E-state index < -0.39 is 5.60 Å². The molecule has 2 fully saturated rings. The Morgan fingerprint density at radius 1 is 1.25 bits per heavy atom. The van der Waals surface area contributed by atoms with Gasteiger partial charge in [-0.15, -0.1) is 0 Å². The van der Waals surface area contributed by atoms with E-state index in [0.29, 0.717) is 5.41 Å². The minimum Gasteiger partial charge on any atom is -0.390 e. The van der Waals surface area contributed by atoms with Crippen molar-refractivity contribution < 1.29 is 5.11 Å². The van der Waals surface area contributed by atoms with E-state index in [9.17, 15) is 5.11 Å². The average Bonchev–Trinajstić information content (AvgIpc) is 2.40. The van der Waals surface area contributed by atoms with Crippen LogP contribution in [-0.4, -0.2) is 10.7 Å². The largest absolute Gasteiger partial charge is 0.390 e. The number of rotatable bonds is 2.